The number of carbonyl (C=O) groups excluding carboxylic acids is 3. The number of amides is 4. The summed E-state index contributed by atoms with van der Waals surface area (Å²) in [7, 11) is -4.85. The summed E-state index contributed by atoms with van der Waals surface area (Å²) in [6, 6.07) is -2.38. The Morgan fingerprint density at radius 1 is 1.32 bits per heavy atom. The number of nitrogens with zero attached hydrogens (tertiary/aromatic N) is 2. The van der Waals surface area contributed by atoms with E-state index in [1.807, 2.05) is 0 Å². The fourth-order valence-electron chi connectivity index (χ4n) is 2.60. The molecule has 2 aliphatic heterocycles. The summed E-state index contributed by atoms with van der Waals surface area (Å²) < 4.78 is 39.4. The highest BCUT2D eigenvalue weighted by Gasteiger charge is 2.49. The molecule has 0 aromatic heterocycles. The molecule has 0 aromatic carbocycles. The van der Waals surface area contributed by atoms with E-state index in [4.69, 9.17) is 15.0 Å². The first-order valence-corrected chi connectivity index (χ1v) is 8.73. The van der Waals surface area contributed by atoms with Gasteiger partial charge >= 0.3 is 16.4 Å². The molecule has 2 bridgehead atoms. The molecule has 14 heteroatoms. The molecule has 0 aliphatic carbocycles. The summed E-state index contributed by atoms with van der Waals surface area (Å²) in [5.74, 6) is -1.24. The van der Waals surface area contributed by atoms with Gasteiger partial charge in [0.25, 0.3) is 11.8 Å². The van der Waals surface area contributed by atoms with Gasteiger partial charge in [0.1, 0.15) is 12.6 Å². The zero-order valence-corrected chi connectivity index (χ0v) is 13.9. The molecule has 0 saturated carbocycles. The SMILES string of the molecule is NCCOCC(=O)NNC(=O)[C@H]1CC[C@@H]2CN1C(=O)N2OS(=O)(=O)O. The minimum absolute atomic E-state index is 0.0556. The van der Waals surface area contributed by atoms with Crippen molar-refractivity contribution in [1.29, 1.82) is 0 Å². The van der Waals surface area contributed by atoms with Crippen LogP contribution >= 0.6 is 0 Å². The van der Waals surface area contributed by atoms with Crippen LogP contribution in [0.3, 0.4) is 0 Å². The topological polar surface area (TPSA) is 181 Å². The van der Waals surface area contributed by atoms with Gasteiger partial charge in [0.15, 0.2) is 0 Å². The summed E-state index contributed by atoms with van der Waals surface area (Å²) in [5, 5.41) is 0.530. The van der Waals surface area contributed by atoms with E-state index in [2.05, 4.69) is 15.1 Å². The molecule has 4 amide bonds. The second-order valence-electron chi connectivity index (χ2n) is 5.39. The average molecular weight is 381 g/mol. The molecule has 0 aromatic rings. The maximum atomic E-state index is 12.2. The third-order valence-electron chi connectivity index (χ3n) is 3.62. The van der Waals surface area contributed by atoms with E-state index in [-0.39, 0.29) is 39.1 Å². The molecule has 5 N–H and O–H groups in total. The van der Waals surface area contributed by atoms with Crippen LogP contribution in [0.5, 0.6) is 0 Å². The van der Waals surface area contributed by atoms with E-state index in [1.165, 1.54) is 0 Å². The number of hydrogen-bond acceptors (Lipinski definition) is 8. The molecule has 0 radical (unpaired) electrons. The summed E-state index contributed by atoms with van der Waals surface area (Å²) in [6.07, 6.45) is 0.510. The second-order valence-corrected chi connectivity index (χ2v) is 6.39. The number of nitrogens with one attached hydrogen (secondary N) is 2. The number of fused-ring (bicyclic) bond motifs is 2. The number of hydrogen-bond donors (Lipinski definition) is 4. The number of piperidine rings is 1. The first-order chi connectivity index (χ1) is 11.7. The number of hydroxylamine groups is 2. The maximum absolute atomic E-state index is 12.2. The molecule has 2 atom stereocenters. The van der Waals surface area contributed by atoms with Crippen LogP contribution in [-0.2, 0) is 29.0 Å². The van der Waals surface area contributed by atoms with Crippen LogP contribution < -0.4 is 16.6 Å². The van der Waals surface area contributed by atoms with Crippen molar-refractivity contribution >= 4 is 28.2 Å². The minimum atomic E-state index is -4.85. The fraction of sp³-hybridized carbons (Fsp3) is 0.727. The molecule has 2 rings (SSSR count). The predicted octanol–water partition coefficient (Wildman–Crippen LogP) is -2.89. The Bertz CT molecular complexity index is 640. The zero-order valence-electron chi connectivity index (χ0n) is 13.1. The van der Waals surface area contributed by atoms with Gasteiger partial charge < -0.3 is 15.4 Å². The lowest BCUT2D eigenvalue weighted by Crippen LogP contribution is -2.54. The molecule has 0 spiro atoms. The standard InChI is InChI=1S/C11H19N5O8S/c12-3-4-23-6-9(17)13-14-10(18)8-2-1-7-5-15(8)11(19)16(7)24-25(20,21)22/h7-8H,1-6,12H2,(H,13,17)(H,14,18)(H,20,21,22)/t7-,8-/m1/s1. The van der Waals surface area contributed by atoms with Gasteiger partial charge in [-0.05, 0) is 12.8 Å². The van der Waals surface area contributed by atoms with Crippen molar-refractivity contribution in [3.63, 3.8) is 0 Å². The molecular weight excluding hydrogens is 362 g/mol. The van der Waals surface area contributed by atoms with Crippen LogP contribution in [-0.4, -0.2) is 79.2 Å². The van der Waals surface area contributed by atoms with Gasteiger partial charge in [-0.15, -0.1) is 4.28 Å². The second kappa shape index (κ2) is 7.92. The van der Waals surface area contributed by atoms with E-state index < -0.39 is 40.3 Å². The van der Waals surface area contributed by atoms with Gasteiger partial charge in [-0.2, -0.15) is 13.5 Å². The van der Waals surface area contributed by atoms with Crippen molar-refractivity contribution in [1.82, 2.24) is 20.8 Å². The van der Waals surface area contributed by atoms with Crippen molar-refractivity contribution in [2.24, 2.45) is 5.73 Å². The van der Waals surface area contributed by atoms with Crippen LogP contribution in [0.2, 0.25) is 0 Å². The van der Waals surface area contributed by atoms with Crippen molar-refractivity contribution in [2.45, 2.75) is 24.9 Å². The molecule has 2 aliphatic rings. The van der Waals surface area contributed by atoms with Gasteiger partial charge in [-0.25, -0.2) is 4.79 Å². The smallest absolute Gasteiger partial charge is 0.370 e. The van der Waals surface area contributed by atoms with Crippen molar-refractivity contribution in [2.75, 3.05) is 26.3 Å². The largest absolute Gasteiger partial charge is 0.418 e. The first-order valence-electron chi connectivity index (χ1n) is 7.36. The van der Waals surface area contributed by atoms with Crippen LogP contribution in [0.25, 0.3) is 0 Å². The number of urea groups is 1. The summed E-state index contributed by atoms with van der Waals surface area (Å²) in [6.45, 7) is 0.210. The minimum Gasteiger partial charge on any atom is -0.370 e. The Labute approximate surface area is 143 Å². The summed E-state index contributed by atoms with van der Waals surface area (Å²) in [5.41, 5.74) is 9.51. The maximum Gasteiger partial charge on any atom is 0.418 e. The van der Waals surface area contributed by atoms with E-state index in [0.717, 1.165) is 4.90 Å². The number of carbonyl (C=O) groups is 3. The van der Waals surface area contributed by atoms with Gasteiger partial charge in [-0.1, -0.05) is 0 Å². The number of ether oxygens (including phenoxy) is 1. The summed E-state index contributed by atoms with van der Waals surface area (Å²) in [4.78, 5) is 36.8. The molecule has 142 valence electrons. The Hall–Kier alpha value is -2.00. The quantitative estimate of drug-likeness (QED) is 0.204. The van der Waals surface area contributed by atoms with Crippen LogP contribution in [0.15, 0.2) is 0 Å². The van der Waals surface area contributed by atoms with Crippen LogP contribution in [0, 0.1) is 0 Å². The van der Waals surface area contributed by atoms with Gasteiger partial charge in [-0.3, -0.25) is 25.0 Å². The lowest BCUT2D eigenvalue weighted by Gasteiger charge is -2.29. The van der Waals surface area contributed by atoms with Gasteiger partial charge in [0, 0.05) is 13.1 Å². The van der Waals surface area contributed by atoms with Crippen molar-refractivity contribution in [3.8, 4) is 0 Å². The fourth-order valence-corrected chi connectivity index (χ4v) is 2.99. The number of hydrazine groups is 1. The molecule has 2 heterocycles. The highest BCUT2D eigenvalue weighted by molar-refractivity contribution is 7.80. The zero-order chi connectivity index (χ0) is 18.6. The van der Waals surface area contributed by atoms with E-state index in [0.29, 0.717) is 5.06 Å². The first kappa shape index (κ1) is 19.3. The Morgan fingerprint density at radius 3 is 2.68 bits per heavy atom. The lowest BCUT2D eigenvalue weighted by atomic mass is 10.0. The molecule has 2 fully saturated rings. The molecule has 2 saturated heterocycles. The highest BCUT2D eigenvalue weighted by Crippen LogP contribution is 2.30. The highest BCUT2D eigenvalue weighted by atomic mass is 32.3. The molecule has 0 unspecified atom stereocenters. The van der Waals surface area contributed by atoms with Gasteiger partial charge in [0.05, 0.1) is 12.6 Å². The predicted molar refractivity (Wildman–Crippen MR) is 79.5 cm³/mol. The Balaban J connectivity index is 1.88. The van der Waals surface area contributed by atoms with Crippen LogP contribution in [0.1, 0.15) is 12.8 Å². The average Bonchev–Trinajstić information content (AvgIpc) is 2.76. The van der Waals surface area contributed by atoms with E-state index in [1.54, 1.807) is 0 Å². The molecule has 13 nitrogen and oxygen atoms in total. The third kappa shape index (κ3) is 4.99. The van der Waals surface area contributed by atoms with Gasteiger partial charge in [0.2, 0.25) is 0 Å². The normalized spacial score (nSPS) is 22.9. The van der Waals surface area contributed by atoms with Crippen molar-refractivity contribution < 1.29 is 36.4 Å². The lowest BCUT2D eigenvalue weighted by molar-refractivity contribution is -0.133. The molecule has 25 heavy (non-hydrogen) atoms. The van der Waals surface area contributed by atoms with E-state index >= 15 is 0 Å². The third-order valence-corrected chi connectivity index (χ3v) is 3.97. The van der Waals surface area contributed by atoms with Crippen molar-refractivity contribution in [3.05, 3.63) is 0 Å². The Kier molecular flexibility index (Phi) is 6.12. The van der Waals surface area contributed by atoms with Crippen LogP contribution in [0.4, 0.5) is 4.79 Å². The monoisotopic (exact) mass is 381 g/mol. The number of rotatable bonds is 7. The number of nitrogens with two attached hydrogens (primary N) is 1. The summed E-state index contributed by atoms with van der Waals surface area (Å²) >= 11 is 0. The molecular formula is C11H19N5O8S. The van der Waals surface area contributed by atoms with E-state index in [9.17, 15) is 22.8 Å². The Morgan fingerprint density at radius 2 is 2.04 bits per heavy atom.